The minimum atomic E-state index is -4.73. The molecule has 0 bridgehead atoms. The van der Waals surface area contributed by atoms with Gasteiger partial charge in [-0.3, -0.25) is 9.00 Å². The van der Waals surface area contributed by atoms with Crippen LogP contribution < -0.4 is 0 Å². The average Bonchev–Trinajstić information content (AvgIpc) is 3.73. The minimum absolute atomic E-state index is 0.122. The summed E-state index contributed by atoms with van der Waals surface area (Å²) in [7, 11) is -0.527. The van der Waals surface area contributed by atoms with Gasteiger partial charge in [0.1, 0.15) is 17.4 Å². The number of imidazole rings is 1. The molecule has 0 saturated heterocycles. The van der Waals surface area contributed by atoms with Gasteiger partial charge in [0.15, 0.2) is 0 Å². The molecule has 5 nitrogen and oxygen atoms in total. The normalized spacial score (nSPS) is 13.3. The van der Waals surface area contributed by atoms with Gasteiger partial charge in [0.2, 0.25) is 0 Å². The summed E-state index contributed by atoms with van der Waals surface area (Å²) in [5.41, 5.74) is 3.29. The number of alkyl halides is 3. The van der Waals surface area contributed by atoms with Gasteiger partial charge >= 0.3 is 6.18 Å². The van der Waals surface area contributed by atoms with Gasteiger partial charge < -0.3 is 4.57 Å². The van der Waals surface area contributed by atoms with Crippen LogP contribution in [0.3, 0.4) is 0 Å². The van der Waals surface area contributed by atoms with Crippen molar-refractivity contribution in [2.75, 3.05) is 11.5 Å². The Bertz CT molecular complexity index is 1420. The van der Waals surface area contributed by atoms with E-state index in [9.17, 15) is 26.6 Å². The van der Waals surface area contributed by atoms with Crippen molar-refractivity contribution in [2.45, 2.75) is 91.7 Å². The van der Waals surface area contributed by atoms with E-state index in [1.165, 1.54) is 37.2 Å². The van der Waals surface area contributed by atoms with E-state index >= 15 is 0 Å². The fourth-order valence-electron chi connectivity index (χ4n) is 4.43. The van der Waals surface area contributed by atoms with E-state index in [1.807, 2.05) is 38.1 Å². The molecule has 1 aliphatic rings. The van der Waals surface area contributed by atoms with Crippen LogP contribution in [0.2, 0.25) is 0 Å². The molecular weight excluding hydrogens is 578 g/mol. The second-order valence-electron chi connectivity index (χ2n) is 10.7. The Hall–Kier alpha value is -3.32. The fraction of sp³-hybridized carbons (Fsp3) is 0.485. The number of nitriles is 1. The van der Waals surface area contributed by atoms with Crippen LogP contribution in [0.4, 0.5) is 17.6 Å². The number of Topliss-reactive ketones (excluding diaryl/α,β-unsaturated/α-hetero) is 1. The van der Waals surface area contributed by atoms with Gasteiger partial charge in [-0.15, -0.1) is 0 Å². The Kier molecular flexibility index (Phi) is 13.8. The second-order valence-corrected chi connectivity index (χ2v) is 12.6. The highest BCUT2D eigenvalue weighted by Gasteiger charge is 2.34. The zero-order chi connectivity index (χ0) is 32.3. The lowest BCUT2D eigenvalue weighted by molar-refractivity contribution is -0.140. The number of carbonyl (C=O) groups excluding carboxylic acids is 1. The number of nitrogens with zero attached hydrogens (tertiary/aromatic N) is 3. The first kappa shape index (κ1) is 35.9. The summed E-state index contributed by atoms with van der Waals surface area (Å²) >= 11 is 0. The van der Waals surface area contributed by atoms with Gasteiger partial charge in [-0.1, -0.05) is 40.7 Å². The summed E-state index contributed by atoms with van der Waals surface area (Å²) in [6.07, 6.45) is -0.268. The lowest BCUT2D eigenvalue weighted by atomic mass is 10.1. The van der Waals surface area contributed by atoms with Crippen molar-refractivity contribution < 1.29 is 26.6 Å². The van der Waals surface area contributed by atoms with Gasteiger partial charge in [-0.2, -0.15) is 18.4 Å². The summed E-state index contributed by atoms with van der Waals surface area (Å²) in [6, 6.07) is 12.6. The molecule has 4 rings (SSSR count). The highest BCUT2D eigenvalue weighted by atomic mass is 32.2. The minimum Gasteiger partial charge on any atom is -0.300 e. The Balaban J connectivity index is 0.000000256. The summed E-state index contributed by atoms with van der Waals surface area (Å²) in [5.74, 6) is 2.28. The summed E-state index contributed by atoms with van der Waals surface area (Å²) in [6.45, 7) is 11.8. The Morgan fingerprint density at radius 1 is 1.12 bits per heavy atom. The van der Waals surface area contributed by atoms with Crippen molar-refractivity contribution in [3.63, 3.8) is 0 Å². The molecule has 1 atom stereocenters. The van der Waals surface area contributed by atoms with Crippen LogP contribution in [-0.4, -0.2) is 31.0 Å². The van der Waals surface area contributed by atoms with Crippen molar-refractivity contribution in [1.82, 2.24) is 9.55 Å². The molecule has 10 heteroatoms. The number of hydrogen-bond donors (Lipinski definition) is 0. The molecule has 1 fully saturated rings. The SMILES string of the molecule is CC(=O)Cc1ccc(F)c(C(F)(F)F)c1.CCCS(=O)CC.CCc1c(C2CC2)nc(C(C)C)n1-c1ccc(C#N)cc1. The predicted octanol–water partition coefficient (Wildman–Crippen LogP) is 8.45. The smallest absolute Gasteiger partial charge is 0.300 e. The van der Waals surface area contributed by atoms with Crippen molar-refractivity contribution in [3.05, 3.63) is 82.2 Å². The van der Waals surface area contributed by atoms with Gasteiger partial charge in [-0.25, -0.2) is 9.37 Å². The van der Waals surface area contributed by atoms with Gasteiger partial charge in [0, 0.05) is 51.9 Å². The first-order chi connectivity index (χ1) is 20.3. The molecule has 0 N–H and O–H groups in total. The average molecular weight is 620 g/mol. The maximum atomic E-state index is 12.8. The Morgan fingerprint density at radius 2 is 1.74 bits per heavy atom. The lowest BCUT2D eigenvalue weighted by Crippen LogP contribution is -2.09. The van der Waals surface area contributed by atoms with E-state index < -0.39 is 28.4 Å². The summed E-state index contributed by atoms with van der Waals surface area (Å²) < 4.78 is 62.3. The van der Waals surface area contributed by atoms with E-state index in [0.717, 1.165) is 41.9 Å². The van der Waals surface area contributed by atoms with E-state index in [4.69, 9.17) is 10.2 Å². The topological polar surface area (TPSA) is 75.8 Å². The molecule has 234 valence electrons. The van der Waals surface area contributed by atoms with E-state index in [0.29, 0.717) is 23.5 Å². The van der Waals surface area contributed by atoms with Crippen LogP contribution in [0.1, 0.15) is 107 Å². The van der Waals surface area contributed by atoms with Gasteiger partial charge in [-0.05, 0) is 74.6 Å². The third-order valence-electron chi connectivity index (χ3n) is 6.64. The first-order valence-corrected chi connectivity index (χ1v) is 16.1. The fourth-order valence-corrected chi connectivity index (χ4v) is 5.18. The van der Waals surface area contributed by atoms with Crippen LogP contribution in [0, 0.1) is 17.1 Å². The van der Waals surface area contributed by atoms with Crippen molar-refractivity contribution in [1.29, 1.82) is 5.26 Å². The van der Waals surface area contributed by atoms with E-state index in [1.54, 1.807) is 0 Å². The first-order valence-electron chi connectivity index (χ1n) is 14.6. The molecule has 0 radical (unpaired) electrons. The van der Waals surface area contributed by atoms with Gasteiger partial charge in [0.25, 0.3) is 0 Å². The van der Waals surface area contributed by atoms with Crippen LogP contribution in [0.5, 0.6) is 0 Å². The second kappa shape index (κ2) is 16.5. The number of rotatable bonds is 9. The molecule has 1 unspecified atom stereocenters. The molecule has 3 aromatic rings. The molecule has 0 amide bonds. The standard InChI is InChI=1S/C18H21N3.C10H8F4O.C5H12OS/c1-4-16-17(14-7-8-14)20-18(12(2)3)21(16)15-9-5-13(11-19)6-10-15;1-6(15)4-7-2-3-9(11)8(5-7)10(12,13)14;1-3-5-7(6)4-2/h5-6,9-10,12,14H,4,7-8H2,1-3H3;2-3,5H,4H2,1H3;3-5H2,1-2H3. The van der Waals surface area contributed by atoms with Crippen LogP contribution in [0.25, 0.3) is 5.69 Å². The number of aromatic nitrogens is 2. The number of halogens is 4. The lowest BCUT2D eigenvalue weighted by Gasteiger charge is -2.13. The largest absolute Gasteiger partial charge is 0.419 e. The zero-order valence-corrected chi connectivity index (χ0v) is 26.5. The maximum absolute atomic E-state index is 12.8. The van der Waals surface area contributed by atoms with Crippen molar-refractivity contribution in [3.8, 4) is 11.8 Å². The van der Waals surface area contributed by atoms with Crippen LogP contribution in [0.15, 0.2) is 42.5 Å². The predicted molar refractivity (Wildman–Crippen MR) is 163 cm³/mol. The van der Waals surface area contributed by atoms with Gasteiger partial charge in [0.05, 0.1) is 22.9 Å². The molecule has 43 heavy (non-hydrogen) atoms. The highest BCUT2D eigenvalue weighted by molar-refractivity contribution is 7.84. The van der Waals surface area contributed by atoms with Crippen LogP contribution >= 0.6 is 0 Å². The summed E-state index contributed by atoms with van der Waals surface area (Å²) in [5, 5.41) is 8.96. The Morgan fingerprint density at radius 3 is 2.16 bits per heavy atom. The molecule has 1 heterocycles. The molecule has 1 aromatic heterocycles. The number of benzene rings is 2. The molecular formula is C33H41F4N3O2S. The maximum Gasteiger partial charge on any atom is 0.419 e. The molecule has 0 aliphatic heterocycles. The Labute approximate surface area is 254 Å². The number of hydrogen-bond acceptors (Lipinski definition) is 4. The monoisotopic (exact) mass is 619 g/mol. The molecule has 0 spiro atoms. The third-order valence-corrected chi connectivity index (χ3v) is 8.15. The zero-order valence-electron chi connectivity index (χ0n) is 25.7. The highest BCUT2D eigenvalue weighted by Crippen LogP contribution is 2.42. The van der Waals surface area contributed by atoms with E-state index in [-0.39, 0.29) is 17.8 Å². The molecule has 1 aliphatic carbocycles. The molecule has 2 aromatic carbocycles. The van der Waals surface area contributed by atoms with Crippen molar-refractivity contribution >= 4 is 16.6 Å². The number of ketones is 1. The number of carbonyl (C=O) groups is 1. The van der Waals surface area contributed by atoms with Crippen LogP contribution in [-0.2, 0) is 34.6 Å². The van der Waals surface area contributed by atoms with E-state index in [2.05, 4.69) is 31.4 Å². The quantitative estimate of drug-likeness (QED) is 0.225. The van der Waals surface area contributed by atoms with Crippen molar-refractivity contribution in [2.24, 2.45) is 0 Å². The summed E-state index contributed by atoms with van der Waals surface area (Å²) in [4.78, 5) is 15.6. The third kappa shape index (κ3) is 10.7. The molecule has 1 saturated carbocycles.